The topological polar surface area (TPSA) is 52.9 Å². The molecule has 0 spiro atoms. The first-order valence-electron chi connectivity index (χ1n) is 6.67. The van der Waals surface area contributed by atoms with E-state index >= 15 is 0 Å². The minimum atomic E-state index is 0.456. The predicted molar refractivity (Wildman–Crippen MR) is 73.0 cm³/mol. The minimum Gasteiger partial charge on any atom is -0.467 e. The summed E-state index contributed by atoms with van der Waals surface area (Å²) >= 11 is 0. The number of hydrogen-bond acceptors (Lipinski definition) is 5. The highest BCUT2D eigenvalue weighted by molar-refractivity contribution is 5.16. The van der Waals surface area contributed by atoms with Crippen LogP contribution in [0.4, 0.5) is 0 Å². The molecule has 5 nitrogen and oxygen atoms in total. The number of hydrogen-bond donors (Lipinski definition) is 1. The van der Waals surface area contributed by atoms with E-state index in [2.05, 4.69) is 19.2 Å². The van der Waals surface area contributed by atoms with Crippen LogP contribution in [0.25, 0.3) is 0 Å². The lowest BCUT2D eigenvalue weighted by Gasteiger charge is -2.08. The molecule has 0 aliphatic heterocycles. The van der Waals surface area contributed by atoms with Gasteiger partial charge in [-0.05, 0) is 6.07 Å². The Labute approximate surface area is 115 Å². The van der Waals surface area contributed by atoms with Crippen LogP contribution < -0.4 is 5.32 Å². The van der Waals surface area contributed by atoms with E-state index < -0.39 is 0 Å². The van der Waals surface area contributed by atoms with E-state index in [1.165, 1.54) is 0 Å². The lowest BCUT2D eigenvalue weighted by molar-refractivity contribution is 0.0159. The van der Waals surface area contributed by atoms with Gasteiger partial charge < -0.3 is 23.9 Å². The average Bonchev–Trinajstić information content (AvgIpc) is 2.83. The zero-order chi connectivity index (χ0) is 13.9. The van der Waals surface area contributed by atoms with Crippen LogP contribution in [0.5, 0.6) is 0 Å². The van der Waals surface area contributed by atoms with Crippen molar-refractivity contribution in [3.05, 3.63) is 23.7 Å². The van der Waals surface area contributed by atoms with Gasteiger partial charge >= 0.3 is 0 Å². The summed E-state index contributed by atoms with van der Waals surface area (Å²) in [4.78, 5) is 0. The summed E-state index contributed by atoms with van der Waals surface area (Å²) in [5.41, 5.74) is 1.15. The zero-order valence-corrected chi connectivity index (χ0v) is 12.1. The monoisotopic (exact) mass is 271 g/mol. The smallest absolute Gasteiger partial charge is 0.133 e. The van der Waals surface area contributed by atoms with Crippen LogP contribution in [-0.4, -0.2) is 39.6 Å². The Morgan fingerprint density at radius 2 is 1.89 bits per heavy atom. The maximum atomic E-state index is 5.52. The summed E-state index contributed by atoms with van der Waals surface area (Å²) in [6.07, 6.45) is 1.70. The molecule has 0 unspecified atom stereocenters. The Morgan fingerprint density at radius 1 is 1.16 bits per heavy atom. The van der Waals surface area contributed by atoms with E-state index in [1.807, 2.05) is 6.07 Å². The van der Waals surface area contributed by atoms with E-state index in [4.69, 9.17) is 18.6 Å². The number of methoxy groups -OCH3 is 1. The van der Waals surface area contributed by atoms with E-state index in [9.17, 15) is 0 Å². The van der Waals surface area contributed by atoms with Crippen LogP contribution in [-0.2, 0) is 27.4 Å². The second-order valence-corrected chi connectivity index (χ2v) is 4.56. The molecule has 5 heteroatoms. The second kappa shape index (κ2) is 9.97. The molecule has 110 valence electrons. The van der Waals surface area contributed by atoms with Crippen LogP contribution in [0.3, 0.4) is 0 Å². The van der Waals surface area contributed by atoms with Crippen molar-refractivity contribution in [1.82, 2.24) is 5.32 Å². The SMILES string of the molecule is COCCOCCOCc1occc1CNC(C)C. The first-order chi connectivity index (χ1) is 9.24. The fourth-order valence-electron chi connectivity index (χ4n) is 1.49. The van der Waals surface area contributed by atoms with Crippen molar-refractivity contribution < 1.29 is 18.6 Å². The molecule has 0 saturated heterocycles. The van der Waals surface area contributed by atoms with Crippen LogP contribution in [0.15, 0.2) is 16.7 Å². The van der Waals surface area contributed by atoms with Crippen molar-refractivity contribution in [2.24, 2.45) is 0 Å². The van der Waals surface area contributed by atoms with Gasteiger partial charge in [-0.1, -0.05) is 13.8 Å². The molecule has 0 fully saturated rings. The van der Waals surface area contributed by atoms with Gasteiger partial charge in [-0.15, -0.1) is 0 Å². The van der Waals surface area contributed by atoms with E-state index in [1.54, 1.807) is 13.4 Å². The zero-order valence-electron chi connectivity index (χ0n) is 12.1. The molecule has 1 aromatic heterocycles. The standard InChI is InChI=1S/C14H25NO4/c1-12(2)15-10-13-4-5-19-14(13)11-18-9-8-17-7-6-16-3/h4-5,12,15H,6-11H2,1-3H3. The predicted octanol–water partition coefficient (Wildman–Crippen LogP) is 1.96. The first-order valence-corrected chi connectivity index (χ1v) is 6.67. The summed E-state index contributed by atoms with van der Waals surface area (Å²) in [5, 5.41) is 3.36. The van der Waals surface area contributed by atoms with Crippen molar-refractivity contribution >= 4 is 0 Å². The molecule has 0 saturated carbocycles. The Bertz CT molecular complexity index is 325. The van der Waals surface area contributed by atoms with Crippen LogP contribution in [0, 0.1) is 0 Å². The fourth-order valence-corrected chi connectivity index (χ4v) is 1.49. The van der Waals surface area contributed by atoms with Crippen LogP contribution >= 0.6 is 0 Å². The summed E-state index contributed by atoms with van der Waals surface area (Å²) in [7, 11) is 1.66. The van der Waals surface area contributed by atoms with Crippen molar-refractivity contribution in [2.45, 2.75) is 33.0 Å². The van der Waals surface area contributed by atoms with Crippen molar-refractivity contribution in [3.8, 4) is 0 Å². The summed E-state index contributed by atoms with van der Waals surface area (Å²) in [6, 6.07) is 2.43. The normalized spacial score (nSPS) is 11.4. The molecule has 0 atom stereocenters. The molecule has 0 radical (unpaired) electrons. The van der Waals surface area contributed by atoms with Gasteiger partial charge in [0.15, 0.2) is 0 Å². The Morgan fingerprint density at radius 3 is 2.63 bits per heavy atom. The molecule has 19 heavy (non-hydrogen) atoms. The lowest BCUT2D eigenvalue weighted by Crippen LogP contribution is -2.22. The molecule has 0 bridgehead atoms. The van der Waals surface area contributed by atoms with Crippen molar-refractivity contribution in [3.63, 3.8) is 0 Å². The van der Waals surface area contributed by atoms with Gasteiger partial charge in [0, 0.05) is 25.3 Å². The maximum absolute atomic E-state index is 5.52. The number of rotatable bonds is 11. The first kappa shape index (κ1) is 16.2. The third-order valence-corrected chi connectivity index (χ3v) is 2.58. The molecule has 1 N–H and O–H groups in total. The van der Waals surface area contributed by atoms with Gasteiger partial charge in [-0.3, -0.25) is 0 Å². The molecule has 0 amide bonds. The quantitative estimate of drug-likeness (QED) is 0.623. The fraction of sp³-hybridized carbons (Fsp3) is 0.714. The number of nitrogens with one attached hydrogen (secondary N) is 1. The van der Waals surface area contributed by atoms with Gasteiger partial charge in [0.2, 0.25) is 0 Å². The molecule has 1 aromatic rings. The summed E-state index contributed by atoms with van der Waals surface area (Å²) in [5.74, 6) is 0.880. The third kappa shape index (κ3) is 7.32. The molecule has 1 heterocycles. The third-order valence-electron chi connectivity index (χ3n) is 2.58. The van der Waals surface area contributed by atoms with E-state index in [0.29, 0.717) is 39.1 Å². The molecule has 0 aromatic carbocycles. The molecular weight excluding hydrogens is 246 g/mol. The number of ether oxygens (including phenoxy) is 3. The molecule has 0 aliphatic carbocycles. The largest absolute Gasteiger partial charge is 0.467 e. The highest BCUT2D eigenvalue weighted by Gasteiger charge is 2.06. The van der Waals surface area contributed by atoms with Gasteiger partial charge in [-0.2, -0.15) is 0 Å². The Hall–Kier alpha value is -0.880. The Balaban J connectivity index is 2.13. The highest BCUT2D eigenvalue weighted by Crippen LogP contribution is 2.11. The van der Waals surface area contributed by atoms with Crippen molar-refractivity contribution in [1.29, 1.82) is 0 Å². The Kier molecular flexibility index (Phi) is 8.49. The number of furan rings is 1. The summed E-state index contributed by atoms with van der Waals surface area (Å²) in [6.45, 7) is 7.87. The molecular formula is C14H25NO4. The van der Waals surface area contributed by atoms with E-state index in [0.717, 1.165) is 17.9 Å². The summed E-state index contributed by atoms with van der Waals surface area (Å²) < 4.78 is 21.1. The average molecular weight is 271 g/mol. The van der Waals surface area contributed by atoms with Gasteiger partial charge in [-0.25, -0.2) is 0 Å². The second-order valence-electron chi connectivity index (χ2n) is 4.56. The maximum Gasteiger partial charge on any atom is 0.133 e. The highest BCUT2D eigenvalue weighted by atomic mass is 16.5. The van der Waals surface area contributed by atoms with Crippen LogP contribution in [0.1, 0.15) is 25.2 Å². The van der Waals surface area contributed by atoms with Gasteiger partial charge in [0.25, 0.3) is 0 Å². The van der Waals surface area contributed by atoms with Gasteiger partial charge in [0.05, 0.1) is 32.7 Å². The lowest BCUT2D eigenvalue weighted by atomic mass is 10.2. The minimum absolute atomic E-state index is 0.456. The molecule has 0 aliphatic rings. The van der Waals surface area contributed by atoms with E-state index in [-0.39, 0.29) is 0 Å². The van der Waals surface area contributed by atoms with Crippen LogP contribution in [0.2, 0.25) is 0 Å². The molecule has 1 rings (SSSR count). The van der Waals surface area contributed by atoms with Crippen molar-refractivity contribution in [2.75, 3.05) is 33.5 Å². The van der Waals surface area contributed by atoms with Gasteiger partial charge in [0.1, 0.15) is 12.4 Å².